The van der Waals surface area contributed by atoms with Crippen LogP contribution < -0.4 is 10.5 Å². The highest BCUT2D eigenvalue weighted by Gasteiger charge is 2.47. The summed E-state index contributed by atoms with van der Waals surface area (Å²) in [6.45, 7) is 6.37. The number of aromatic nitrogens is 2. The van der Waals surface area contributed by atoms with Crippen LogP contribution in [0.3, 0.4) is 0 Å². The molecule has 0 radical (unpaired) electrons. The first-order valence-corrected chi connectivity index (χ1v) is 10.7. The molecule has 1 aromatic heterocycles. The number of rotatable bonds is 4. The zero-order valence-electron chi connectivity index (χ0n) is 17.5. The standard InChI is InChI=1S/C14H10Cl3F2N3O.C4H8F2.C2H6/c15-9-1-7(20)2-10(16)12(9)23-13-8(3-11(17)21-22-13)6-4-14(18,19)5-6;1-3-4(2,5)6;1-2/h1-3,6H,4-5,20H2;3H2,1-2H3;1-2H3. The second kappa shape index (κ2) is 11.4. The van der Waals surface area contributed by atoms with Crippen molar-refractivity contribution in [2.24, 2.45) is 0 Å². The molecule has 0 bridgehead atoms. The summed E-state index contributed by atoms with van der Waals surface area (Å²) < 4.78 is 54.8. The van der Waals surface area contributed by atoms with Crippen LogP contribution in [0.4, 0.5) is 23.2 Å². The van der Waals surface area contributed by atoms with Gasteiger partial charge in [-0.1, -0.05) is 55.6 Å². The van der Waals surface area contributed by atoms with Gasteiger partial charge in [-0.2, -0.15) is 0 Å². The third kappa shape index (κ3) is 8.50. The molecule has 2 aromatic rings. The molecule has 0 spiro atoms. The van der Waals surface area contributed by atoms with Crippen LogP contribution in [-0.4, -0.2) is 22.0 Å². The molecule has 0 atom stereocenters. The van der Waals surface area contributed by atoms with Crippen molar-refractivity contribution >= 4 is 40.5 Å². The predicted molar refractivity (Wildman–Crippen MR) is 117 cm³/mol. The van der Waals surface area contributed by atoms with Gasteiger partial charge in [-0.05, 0) is 25.1 Å². The van der Waals surface area contributed by atoms with Crippen molar-refractivity contribution in [3.63, 3.8) is 0 Å². The molecule has 1 fully saturated rings. The van der Waals surface area contributed by atoms with E-state index in [1.807, 2.05) is 13.8 Å². The Morgan fingerprint density at radius 3 is 2.00 bits per heavy atom. The molecule has 1 aliphatic carbocycles. The lowest BCUT2D eigenvalue weighted by Crippen LogP contribution is -2.34. The van der Waals surface area contributed by atoms with Crippen molar-refractivity contribution in [1.82, 2.24) is 10.2 Å². The van der Waals surface area contributed by atoms with Crippen LogP contribution in [0.5, 0.6) is 11.6 Å². The first-order chi connectivity index (χ1) is 14.3. The topological polar surface area (TPSA) is 61.0 Å². The minimum absolute atomic E-state index is 0.0449. The Kier molecular flexibility index (Phi) is 10.1. The lowest BCUT2D eigenvalue weighted by Gasteiger charge is -2.35. The fourth-order valence-corrected chi connectivity index (χ4v) is 3.13. The highest BCUT2D eigenvalue weighted by atomic mass is 35.5. The summed E-state index contributed by atoms with van der Waals surface area (Å²) in [5, 5.41) is 7.96. The average Bonchev–Trinajstić information content (AvgIpc) is 2.65. The molecule has 1 saturated carbocycles. The maximum atomic E-state index is 13.1. The molecule has 0 unspecified atom stereocenters. The molecular formula is C20H24Cl3F4N3O. The Balaban J connectivity index is 0.000000521. The van der Waals surface area contributed by atoms with E-state index < -0.39 is 17.8 Å². The van der Waals surface area contributed by atoms with Gasteiger partial charge in [0.25, 0.3) is 0 Å². The van der Waals surface area contributed by atoms with E-state index in [2.05, 4.69) is 10.2 Å². The van der Waals surface area contributed by atoms with Crippen molar-refractivity contribution in [1.29, 1.82) is 0 Å². The highest BCUT2D eigenvalue weighted by Crippen LogP contribution is 2.51. The van der Waals surface area contributed by atoms with Crippen molar-refractivity contribution < 1.29 is 22.3 Å². The molecule has 2 N–H and O–H groups in total. The van der Waals surface area contributed by atoms with Crippen LogP contribution in [0.15, 0.2) is 18.2 Å². The van der Waals surface area contributed by atoms with Crippen LogP contribution >= 0.6 is 34.8 Å². The van der Waals surface area contributed by atoms with E-state index in [1.54, 1.807) is 0 Å². The first kappa shape index (κ1) is 27.5. The monoisotopic (exact) mass is 503 g/mol. The predicted octanol–water partition coefficient (Wildman–Crippen LogP) is 8.40. The molecule has 3 rings (SSSR count). The second-order valence-electron chi connectivity index (χ2n) is 6.73. The van der Waals surface area contributed by atoms with Gasteiger partial charge in [-0.3, -0.25) is 0 Å². The molecule has 1 aliphatic rings. The van der Waals surface area contributed by atoms with E-state index >= 15 is 0 Å². The third-order valence-electron chi connectivity index (χ3n) is 4.13. The van der Waals surface area contributed by atoms with Gasteiger partial charge in [-0.25, -0.2) is 17.6 Å². The number of nitrogens with two attached hydrogens (primary N) is 1. The summed E-state index contributed by atoms with van der Waals surface area (Å²) >= 11 is 17.9. The molecule has 0 saturated heterocycles. The van der Waals surface area contributed by atoms with Gasteiger partial charge < -0.3 is 10.5 Å². The van der Waals surface area contributed by atoms with Crippen molar-refractivity contribution in [2.75, 3.05) is 5.73 Å². The van der Waals surface area contributed by atoms with Crippen LogP contribution in [-0.2, 0) is 0 Å². The second-order valence-corrected chi connectivity index (χ2v) is 7.93. The quantitative estimate of drug-likeness (QED) is 0.335. The van der Waals surface area contributed by atoms with Crippen molar-refractivity contribution in [2.45, 2.75) is 64.7 Å². The number of anilines is 1. The Morgan fingerprint density at radius 2 is 1.58 bits per heavy atom. The largest absolute Gasteiger partial charge is 0.434 e. The van der Waals surface area contributed by atoms with Gasteiger partial charge in [-0.15, -0.1) is 10.2 Å². The van der Waals surface area contributed by atoms with Gasteiger partial charge in [0.05, 0.1) is 10.0 Å². The molecule has 4 nitrogen and oxygen atoms in total. The number of halogens is 7. The van der Waals surface area contributed by atoms with E-state index in [4.69, 9.17) is 45.3 Å². The van der Waals surface area contributed by atoms with E-state index in [1.165, 1.54) is 25.1 Å². The van der Waals surface area contributed by atoms with Crippen LogP contribution in [0, 0.1) is 0 Å². The Labute approximate surface area is 194 Å². The summed E-state index contributed by atoms with van der Waals surface area (Å²) in [7, 11) is 0. The van der Waals surface area contributed by atoms with Crippen LogP contribution in [0.1, 0.15) is 58.4 Å². The maximum absolute atomic E-state index is 13.1. The lowest BCUT2D eigenvalue weighted by molar-refractivity contribution is -0.0871. The summed E-state index contributed by atoms with van der Waals surface area (Å²) in [4.78, 5) is 0. The van der Waals surface area contributed by atoms with Crippen LogP contribution in [0.25, 0.3) is 0 Å². The van der Waals surface area contributed by atoms with E-state index in [0.717, 1.165) is 6.92 Å². The SMILES string of the molecule is CC.CCC(C)(F)F.Nc1cc(Cl)c(Oc2nnc(Cl)cc2C2CC(F)(F)C2)c(Cl)c1. The number of alkyl halides is 4. The molecule has 1 aromatic carbocycles. The van der Waals surface area contributed by atoms with Gasteiger partial charge in [0.1, 0.15) is 0 Å². The normalized spacial score (nSPS) is 15.1. The minimum atomic E-state index is -2.69. The summed E-state index contributed by atoms with van der Waals surface area (Å²) in [5.41, 5.74) is 6.44. The number of hydrogen-bond acceptors (Lipinski definition) is 4. The van der Waals surface area contributed by atoms with Crippen molar-refractivity contribution in [3.8, 4) is 11.6 Å². The Morgan fingerprint density at radius 1 is 1.10 bits per heavy atom. The van der Waals surface area contributed by atoms with Gasteiger partial charge in [0.15, 0.2) is 10.9 Å². The number of nitrogens with zero attached hydrogens (tertiary/aromatic N) is 2. The number of ether oxygens (including phenoxy) is 1. The molecular weight excluding hydrogens is 481 g/mol. The third-order valence-corrected chi connectivity index (χ3v) is 4.87. The molecule has 11 heteroatoms. The number of hydrogen-bond donors (Lipinski definition) is 1. The van der Waals surface area contributed by atoms with E-state index in [-0.39, 0.29) is 46.1 Å². The van der Waals surface area contributed by atoms with Crippen molar-refractivity contribution in [3.05, 3.63) is 39.0 Å². The van der Waals surface area contributed by atoms with Crippen LogP contribution in [0.2, 0.25) is 15.2 Å². The molecule has 174 valence electrons. The summed E-state index contributed by atoms with van der Waals surface area (Å²) in [5.74, 6) is -5.39. The number of nitrogen functional groups attached to an aromatic ring is 1. The number of benzene rings is 1. The van der Waals surface area contributed by atoms with E-state index in [0.29, 0.717) is 11.3 Å². The van der Waals surface area contributed by atoms with Gasteiger partial charge in [0, 0.05) is 36.4 Å². The lowest BCUT2D eigenvalue weighted by atomic mass is 9.77. The molecule has 0 amide bonds. The maximum Gasteiger partial charge on any atom is 0.249 e. The fourth-order valence-electron chi connectivity index (χ4n) is 2.40. The smallest absolute Gasteiger partial charge is 0.249 e. The van der Waals surface area contributed by atoms with E-state index in [9.17, 15) is 17.6 Å². The zero-order chi connectivity index (χ0) is 24.0. The minimum Gasteiger partial charge on any atom is -0.434 e. The Bertz CT molecular complexity index is 848. The molecule has 1 heterocycles. The summed E-state index contributed by atoms with van der Waals surface area (Å²) in [6.07, 6.45) is -0.657. The zero-order valence-corrected chi connectivity index (χ0v) is 19.7. The molecule has 0 aliphatic heterocycles. The van der Waals surface area contributed by atoms with Gasteiger partial charge >= 0.3 is 0 Å². The fraction of sp³-hybridized carbons (Fsp3) is 0.500. The first-order valence-electron chi connectivity index (χ1n) is 9.52. The highest BCUT2D eigenvalue weighted by molar-refractivity contribution is 6.37. The van der Waals surface area contributed by atoms with Gasteiger partial charge in [0.2, 0.25) is 17.7 Å². The Hall–Kier alpha value is -1.51. The summed E-state index contributed by atoms with van der Waals surface area (Å²) in [6, 6.07) is 4.38. The molecule has 31 heavy (non-hydrogen) atoms. The average molecular weight is 505 g/mol.